The van der Waals surface area contributed by atoms with Crippen molar-refractivity contribution in [3.8, 4) is 0 Å². The van der Waals surface area contributed by atoms with Crippen molar-refractivity contribution in [2.45, 2.75) is 33.1 Å². The Balaban J connectivity index is 2.73. The van der Waals surface area contributed by atoms with Crippen LogP contribution in [0.4, 0.5) is 0 Å². The van der Waals surface area contributed by atoms with E-state index in [4.69, 9.17) is 4.74 Å². The van der Waals surface area contributed by atoms with Gasteiger partial charge in [0.2, 0.25) is 0 Å². The minimum atomic E-state index is -0.896. The molecule has 94 valence electrons. The molecule has 0 saturated heterocycles. The van der Waals surface area contributed by atoms with Crippen LogP contribution in [0.1, 0.15) is 33.1 Å². The first kappa shape index (κ1) is 13.7. The summed E-state index contributed by atoms with van der Waals surface area (Å²) in [7, 11) is 0. The lowest BCUT2D eigenvalue weighted by atomic mass is 9.74. The van der Waals surface area contributed by atoms with E-state index in [9.17, 15) is 9.59 Å². The van der Waals surface area contributed by atoms with Crippen LogP contribution in [0, 0.1) is 11.3 Å². The highest BCUT2D eigenvalue weighted by Gasteiger charge is 2.38. The minimum absolute atomic E-state index is 0.155. The first-order valence-electron chi connectivity index (χ1n) is 5.99. The monoisotopic (exact) mass is 236 g/mol. The average molecular weight is 236 g/mol. The SMILES string of the molecule is C=CC[C@]1(C=O)CCC(OCC(C)C)=CC1=O. The lowest BCUT2D eigenvalue weighted by molar-refractivity contribution is -0.132. The number of carbonyl (C=O) groups is 2. The third-order valence-corrected chi connectivity index (χ3v) is 2.94. The number of allylic oxidation sites excluding steroid dienone is 3. The van der Waals surface area contributed by atoms with E-state index in [1.54, 1.807) is 6.08 Å². The van der Waals surface area contributed by atoms with Gasteiger partial charge in [0.15, 0.2) is 5.78 Å². The zero-order valence-electron chi connectivity index (χ0n) is 10.6. The van der Waals surface area contributed by atoms with Gasteiger partial charge in [0.05, 0.1) is 17.8 Å². The molecule has 0 aromatic rings. The number of aldehydes is 1. The molecule has 1 atom stereocenters. The molecule has 0 amide bonds. The zero-order chi connectivity index (χ0) is 12.9. The molecule has 0 heterocycles. The van der Waals surface area contributed by atoms with Crippen LogP contribution in [-0.2, 0) is 14.3 Å². The summed E-state index contributed by atoms with van der Waals surface area (Å²) >= 11 is 0. The molecular weight excluding hydrogens is 216 g/mol. The van der Waals surface area contributed by atoms with E-state index in [1.807, 2.05) is 0 Å². The fourth-order valence-electron chi connectivity index (χ4n) is 1.84. The second-order valence-corrected chi connectivity index (χ2v) is 4.95. The van der Waals surface area contributed by atoms with Gasteiger partial charge in [-0.2, -0.15) is 0 Å². The van der Waals surface area contributed by atoms with E-state index in [1.165, 1.54) is 6.08 Å². The van der Waals surface area contributed by atoms with Crippen molar-refractivity contribution < 1.29 is 14.3 Å². The molecule has 0 fully saturated rings. The molecule has 0 saturated carbocycles. The van der Waals surface area contributed by atoms with E-state index in [-0.39, 0.29) is 5.78 Å². The van der Waals surface area contributed by atoms with Crippen LogP contribution in [-0.4, -0.2) is 18.7 Å². The Kier molecular flexibility index (Phi) is 4.67. The summed E-state index contributed by atoms with van der Waals surface area (Å²) in [5, 5.41) is 0. The van der Waals surface area contributed by atoms with Crippen LogP contribution < -0.4 is 0 Å². The van der Waals surface area contributed by atoms with Gasteiger partial charge in [-0.05, 0) is 18.8 Å². The fraction of sp³-hybridized carbons (Fsp3) is 0.571. The van der Waals surface area contributed by atoms with Gasteiger partial charge in [-0.3, -0.25) is 4.79 Å². The molecule has 17 heavy (non-hydrogen) atoms. The van der Waals surface area contributed by atoms with Gasteiger partial charge in [0, 0.05) is 12.5 Å². The van der Waals surface area contributed by atoms with E-state index in [0.717, 1.165) is 6.29 Å². The predicted octanol–water partition coefficient (Wildman–Crippen LogP) is 2.67. The Morgan fingerprint density at radius 1 is 1.59 bits per heavy atom. The Bertz CT molecular complexity index is 341. The van der Waals surface area contributed by atoms with E-state index >= 15 is 0 Å². The summed E-state index contributed by atoms with van der Waals surface area (Å²) in [5.41, 5.74) is -0.896. The van der Waals surface area contributed by atoms with Crippen molar-refractivity contribution in [1.29, 1.82) is 0 Å². The van der Waals surface area contributed by atoms with Crippen LogP contribution >= 0.6 is 0 Å². The van der Waals surface area contributed by atoms with Crippen molar-refractivity contribution in [1.82, 2.24) is 0 Å². The smallest absolute Gasteiger partial charge is 0.172 e. The quantitative estimate of drug-likeness (QED) is 0.404. The number of rotatable bonds is 6. The number of ether oxygens (including phenoxy) is 1. The van der Waals surface area contributed by atoms with Crippen molar-refractivity contribution in [2.75, 3.05) is 6.61 Å². The van der Waals surface area contributed by atoms with Gasteiger partial charge in [-0.15, -0.1) is 6.58 Å². The molecule has 0 aromatic heterocycles. The van der Waals surface area contributed by atoms with Crippen LogP contribution in [0.15, 0.2) is 24.5 Å². The predicted molar refractivity (Wildman–Crippen MR) is 66.4 cm³/mol. The van der Waals surface area contributed by atoms with Crippen molar-refractivity contribution in [3.05, 3.63) is 24.5 Å². The Labute approximate surface area is 103 Å². The largest absolute Gasteiger partial charge is 0.498 e. The number of carbonyl (C=O) groups excluding carboxylic acids is 2. The molecule has 0 bridgehead atoms. The van der Waals surface area contributed by atoms with E-state index in [0.29, 0.717) is 37.5 Å². The molecular formula is C14H20O3. The maximum absolute atomic E-state index is 12.0. The van der Waals surface area contributed by atoms with Crippen LogP contribution in [0.25, 0.3) is 0 Å². The van der Waals surface area contributed by atoms with Crippen LogP contribution in [0.2, 0.25) is 0 Å². The molecule has 0 radical (unpaired) electrons. The van der Waals surface area contributed by atoms with Crippen molar-refractivity contribution >= 4 is 12.1 Å². The first-order valence-corrected chi connectivity index (χ1v) is 5.99. The summed E-state index contributed by atoms with van der Waals surface area (Å²) < 4.78 is 5.53. The number of hydrogen-bond donors (Lipinski definition) is 0. The highest BCUT2D eigenvalue weighted by atomic mass is 16.5. The van der Waals surface area contributed by atoms with Gasteiger partial charge in [0.1, 0.15) is 6.29 Å². The highest BCUT2D eigenvalue weighted by Crippen LogP contribution is 2.34. The fourth-order valence-corrected chi connectivity index (χ4v) is 1.84. The molecule has 3 heteroatoms. The van der Waals surface area contributed by atoms with Gasteiger partial charge >= 0.3 is 0 Å². The summed E-state index contributed by atoms with van der Waals surface area (Å²) in [4.78, 5) is 23.1. The van der Waals surface area contributed by atoms with Crippen LogP contribution in [0.5, 0.6) is 0 Å². The lowest BCUT2D eigenvalue weighted by Gasteiger charge is -2.28. The molecule has 3 nitrogen and oxygen atoms in total. The van der Waals surface area contributed by atoms with E-state index in [2.05, 4.69) is 20.4 Å². The zero-order valence-corrected chi connectivity index (χ0v) is 10.6. The molecule has 1 aliphatic rings. The third-order valence-electron chi connectivity index (χ3n) is 2.94. The minimum Gasteiger partial charge on any atom is -0.498 e. The molecule has 0 N–H and O–H groups in total. The summed E-state index contributed by atoms with van der Waals surface area (Å²) in [6, 6.07) is 0. The van der Waals surface area contributed by atoms with E-state index < -0.39 is 5.41 Å². The second kappa shape index (κ2) is 5.80. The summed E-state index contributed by atoms with van der Waals surface area (Å²) in [5.74, 6) is 0.972. The van der Waals surface area contributed by atoms with Crippen molar-refractivity contribution in [3.63, 3.8) is 0 Å². The molecule has 1 aliphatic carbocycles. The number of ketones is 1. The standard InChI is InChI=1S/C14H20O3/c1-4-6-14(10-15)7-5-12(8-13(14)16)17-9-11(2)3/h4,8,10-11H,1,5-7,9H2,2-3H3/t14-/m1/s1. The topological polar surface area (TPSA) is 43.4 Å². The Morgan fingerprint density at radius 3 is 2.76 bits per heavy atom. The first-order chi connectivity index (χ1) is 8.04. The van der Waals surface area contributed by atoms with Crippen LogP contribution in [0.3, 0.4) is 0 Å². The molecule has 1 rings (SSSR count). The molecule has 0 spiro atoms. The van der Waals surface area contributed by atoms with Gasteiger partial charge in [-0.25, -0.2) is 0 Å². The Morgan fingerprint density at radius 2 is 2.29 bits per heavy atom. The second-order valence-electron chi connectivity index (χ2n) is 4.95. The van der Waals surface area contributed by atoms with Gasteiger partial charge in [0.25, 0.3) is 0 Å². The number of hydrogen-bond acceptors (Lipinski definition) is 3. The summed E-state index contributed by atoms with van der Waals surface area (Å²) in [6.45, 7) is 8.31. The highest BCUT2D eigenvalue weighted by molar-refractivity contribution is 6.06. The van der Waals surface area contributed by atoms with Crippen molar-refractivity contribution in [2.24, 2.45) is 11.3 Å². The molecule has 0 unspecified atom stereocenters. The summed E-state index contributed by atoms with van der Waals surface area (Å²) in [6.07, 6.45) is 5.43. The average Bonchev–Trinajstić information content (AvgIpc) is 2.30. The third kappa shape index (κ3) is 3.29. The van der Waals surface area contributed by atoms with Gasteiger partial charge in [-0.1, -0.05) is 19.9 Å². The maximum atomic E-state index is 12.0. The molecule has 0 aliphatic heterocycles. The molecule has 0 aromatic carbocycles. The van der Waals surface area contributed by atoms with Gasteiger partial charge < -0.3 is 9.53 Å². The normalized spacial score (nSPS) is 24.4. The Hall–Kier alpha value is -1.38. The maximum Gasteiger partial charge on any atom is 0.172 e. The lowest BCUT2D eigenvalue weighted by Crippen LogP contribution is -2.34.